The van der Waals surface area contributed by atoms with Crippen molar-refractivity contribution in [3.8, 4) is 0 Å². The Morgan fingerprint density at radius 3 is 2.64 bits per heavy atom. The van der Waals surface area contributed by atoms with E-state index >= 15 is 0 Å². The van der Waals surface area contributed by atoms with E-state index in [1.807, 2.05) is 6.07 Å². The Hall–Kier alpha value is -0.890. The minimum absolute atomic E-state index is 0.0663. The van der Waals surface area contributed by atoms with Crippen molar-refractivity contribution in [2.24, 2.45) is 0 Å². The molecule has 0 radical (unpaired) electrons. The molecule has 0 aliphatic heterocycles. The lowest BCUT2D eigenvalue weighted by Crippen LogP contribution is -2.35. The van der Waals surface area contributed by atoms with E-state index in [-0.39, 0.29) is 17.8 Å². The van der Waals surface area contributed by atoms with Crippen LogP contribution in [0, 0.1) is 5.82 Å². The van der Waals surface area contributed by atoms with Crippen LogP contribution in [0.3, 0.4) is 0 Å². The summed E-state index contributed by atoms with van der Waals surface area (Å²) >= 11 is 0. The van der Waals surface area contributed by atoms with Gasteiger partial charge in [0.2, 0.25) is 0 Å². The van der Waals surface area contributed by atoms with Gasteiger partial charge in [-0.3, -0.25) is 0 Å². The molecular weight excluding hydrogens is 179 g/mol. The first-order valence-corrected chi connectivity index (χ1v) is 5.14. The van der Waals surface area contributed by atoms with Crippen LogP contribution in [-0.2, 0) is 5.41 Å². The van der Waals surface area contributed by atoms with Crippen LogP contribution in [-0.4, -0.2) is 11.7 Å². The quantitative estimate of drug-likeness (QED) is 0.784. The number of hydrogen-bond donors (Lipinski definition) is 1. The predicted octanol–water partition coefficient (Wildman–Crippen LogP) is 2.63. The Morgan fingerprint density at radius 2 is 2.14 bits per heavy atom. The van der Waals surface area contributed by atoms with Gasteiger partial charge in [-0.1, -0.05) is 18.6 Å². The van der Waals surface area contributed by atoms with Crippen molar-refractivity contribution >= 4 is 0 Å². The SMILES string of the molecule is OCCC1(c2cccc(F)c2)CCC1. The molecule has 14 heavy (non-hydrogen) atoms. The van der Waals surface area contributed by atoms with Crippen LogP contribution in [0.15, 0.2) is 24.3 Å². The van der Waals surface area contributed by atoms with Crippen LogP contribution in [0.1, 0.15) is 31.2 Å². The molecule has 1 aliphatic rings. The lowest BCUT2D eigenvalue weighted by Gasteiger charge is -2.42. The molecule has 0 spiro atoms. The summed E-state index contributed by atoms with van der Waals surface area (Å²) in [5, 5.41) is 9.00. The van der Waals surface area contributed by atoms with Crippen molar-refractivity contribution in [3.63, 3.8) is 0 Å². The Labute approximate surface area is 83.6 Å². The zero-order valence-corrected chi connectivity index (χ0v) is 8.17. The molecule has 1 aliphatic carbocycles. The van der Waals surface area contributed by atoms with Crippen LogP contribution < -0.4 is 0 Å². The molecule has 1 nitrogen and oxygen atoms in total. The monoisotopic (exact) mass is 194 g/mol. The normalized spacial score (nSPS) is 19.0. The van der Waals surface area contributed by atoms with Crippen LogP contribution in [0.25, 0.3) is 0 Å². The van der Waals surface area contributed by atoms with Gasteiger partial charge in [0, 0.05) is 6.61 Å². The summed E-state index contributed by atoms with van der Waals surface area (Å²) in [5.74, 6) is -0.174. The van der Waals surface area contributed by atoms with Gasteiger partial charge in [0.25, 0.3) is 0 Å². The zero-order chi connectivity index (χ0) is 10.0. The highest BCUT2D eigenvalue weighted by molar-refractivity contribution is 5.28. The molecule has 0 aromatic heterocycles. The van der Waals surface area contributed by atoms with E-state index in [0.29, 0.717) is 0 Å². The van der Waals surface area contributed by atoms with E-state index in [1.165, 1.54) is 12.5 Å². The maximum absolute atomic E-state index is 13.0. The van der Waals surface area contributed by atoms with Gasteiger partial charge in [0.1, 0.15) is 5.82 Å². The topological polar surface area (TPSA) is 20.2 Å². The fraction of sp³-hybridized carbons (Fsp3) is 0.500. The standard InChI is InChI=1S/C12H15FO/c13-11-4-1-3-10(9-11)12(7-8-14)5-2-6-12/h1,3-4,9,14H,2,5-8H2. The molecule has 1 saturated carbocycles. The van der Waals surface area contributed by atoms with E-state index < -0.39 is 0 Å². The first-order valence-electron chi connectivity index (χ1n) is 5.14. The van der Waals surface area contributed by atoms with Crippen molar-refractivity contribution in [2.45, 2.75) is 31.1 Å². The smallest absolute Gasteiger partial charge is 0.123 e. The Kier molecular flexibility index (Phi) is 2.55. The maximum Gasteiger partial charge on any atom is 0.123 e. The summed E-state index contributed by atoms with van der Waals surface area (Å²) in [7, 11) is 0. The number of hydrogen-bond acceptors (Lipinski definition) is 1. The third-order valence-electron chi connectivity index (χ3n) is 3.34. The Balaban J connectivity index is 2.27. The van der Waals surface area contributed by atoms with Crippen molar-refractivity contribution < 1.29 is 9.50 Å². The van der Waals surface area contributed by atoms with E-state index in [1.54, 1.807) is 12.1 Å². The minimum Gasteiger partial charge on any atom is -0.396 e. The van der Waals surface area contributed by atoms with Gasteiger partial charge < -0.3 is 5.11 Å². The van der Waals surface area contributed by atoms with Gasteiger partial charge in [0.05, 0.1) is 0 Å². The maximum atomic E-state index is 13.0. The van der Waals surface area contributed by atoms with E-state index in [2.05, 4.69) is 0 Å². The van der Waals surface area contributed by atoms with E-state index in [9.17, 15) is 4.39 Å². The molecule has 0 unspecified atom stereocenters. The molecule has 1 N–H and O–H groups in total. The van der Waals surface area contributed by atoms with Crippen molar-refractivity contribution in [2.75, 3.05) is 6.61 Å². The van der Waals surface area contributed by atoms with Gasteiger partial charge in [-0.15, -0.1) is 0 Å². The lowest BCUT2D eigenvalue weighted by atomic mass is 9.63. The van der Waals surface area contributed by atoms with Crippen molar-refractivity contribution in [1.82, 2.24) is 0 Å². The average molecular weight is 194 g/mol. The highest BCUT2D eigenvalue weighted by Crippen LogP contribution is 2.46. The largest absolute Gasteiger partial charge is 0.396 e. The minimum atomic E-state index is -0.174. The third kappa shape index (κ3) is 1.55. The summed E-state index contributed by atoms with van der Waals surface area (Å²) in [5.41, 5.74) is 1.12. The van der Waals surface area contributed by atoms with Crippen molar-refractivity contribution in [1.29, 1.82) is 0 Å². The molecule has 1 aromatic rings. The van der Waals surface area contributed by atoms with Gasteiger partial charge in [-0.05, 0) is 42.4 Å². The molecule has 2 rings (SSSR count). The molecule has 0 amide bonds. The van der Waals surface area contributed by atoms with Crippen LogP contribution in [0.4, 0.5) is 4.39 Å². The number of benzene rings is 1. The molecule has 0 saturated heterocycles. The van der Waals surface area contributed by atoms with Gasteiger partial charge in [-0.25, -0.2) is 4.39 Å². The van der Waals surface area contributed by atoms with Crippen LogP contribution >= 0.6 is 0 Å². The lowest BCUT2D eigenvalue weighted by molar-refractivity contribution is 0.167. The van der Waals surface area contributed by atoms with Gasteiger partial charge >= 0.3 is 0 Å². The highest BCUT2D eigenvalue weighted by Gasteiger charge is 2.37. The number of halogens is 1. The molecule has 76 valence electrons. The number of aliphatic hydroxyl groups excluding tert-OH is 1. The highest BCUT2D eigenvalue weighted by atomic mass is 19.1. The van der Waals surface area contributed by atoms with Gasteiger partial charge in [-0.2, -0.15) is 0 Å². The van der Waals surface area contributed by atoms with E-state index in [0.717, 1.165) is 24.8 Å². The second kappa shape index (κ2) is 3.70. The first kappa shape index (κ1) is 9.66. The Morgan fingerprint density at radius 1 is 1.36 bits per heavy atom. The summed E-state index contributed by atoms with van der Waals surface area (Å²) in [4.78, 5) is 0. The molecular formula is C12H15FO. The van der Waals surface area contributed by atoms with Gasteiger partial charge in [0.15, 0.2) is 0 Å². The molecule has 0 heterocycles. The molecule has 1 fully saturated rings. The number of rotatable bonds is 3. The second-order valence-electron chi connectivity index (χ2n) is 4.12. The third-order valence-corrected chi connectivity index (χ3v) is 3.34. The number of aliphatic hydroxyl groups is 1. The fourth-order valence-electron chi connectivity index (χ4n) is 2.32. The van der Waals surface area contributed by atoms with Crippen LogP contribution in [0.2, 0.25) is 0 Å². The molecule has 1 aromatic carbocycles. The second-order valence-corrected chi connectivity index (χ2v) is 4.12. The molecule has 0 atom stereocenters. The van der Waals surface area contributed by atoms with Crippen LogP contribution in [0.5, 0.6) is 0 Å². The predicted molar refractivity (Wildman–Crippen MR) is 53.6 cm³/mol. The summed E-state index contributed by atoms with van der Waals surface area (Å²) < 4.78 is 13.0. The summed E-state index contributed by atoms with van der Waals surface area (Å²) in [6.07, 6.45) is 4.11. The summed E-state index contributed by atoms with van der Waals surface area (Å²) in [6.45, 7) is 0.191. The molecule has 2 heteroatoms. The van der Waals surface area contributed by atoms with Crippen molar-refractivity contribution in [3.05, 3.63) is 35.6 Å². The Bertz CT molecular complexity index is 318. The fourth-order valence-corrected chi connectivity index (χ4v) is 2.32. The summed E-state index contributed by atoms with van der Waals surface area (Å²) in [6, 6.07) is 6.80. The first-order chi connectivity index (χ1) is 6.77. The van der Waals surface area contributed by atoms with E-state index in [4.69, 9.17) is 5.11 Å². The zero-order valence-electron chi connectivity index (χ0n) is 8.17. The molecule has 0 bridgehead atoms. The average Bonchev–Trinajstić information content (AvgIpc) is 2.11.